The molecule has 0 aliphatic carbocycles. The van der Waals surface area contributed by atoms with E-state index in [1.165, 1.54) is 0 Å². The first-order valence-corrected chi connectivity index (χ1v) is 5.53. The summed E-state index contributed by atoms with van der Waals surface area (Å²) in [5.41, 5.74) is 0. The van der Waals surface area contributed by atoms with Crippen LogP contribution in [0.4, 0.5) is 0 Å². The van der Waals surface area contributed by atoms with Crippen LogP contribution >= 0.6 is 0 Å². The second-order valence-electron chi connectivity index (χ2n) is 3.95. The van der Waals surface area contributed by atoms with Gasteiger partial charge in [0, 0.05) is 44.9 Å². The van der Waals surface area contributed by atoms with Crippen molar-refractivity contribution in [1.29, 1.82) is 0 Å². The minimum atomic E-state index is 0.00590. The van der Waals surface area contributed by atoms with Crippen molar-refractivity contribution in [1.82, 2.24) is 20.2 Å². The van der Waals surface area contributed by atoms with Gasteiger partial charge < -0.3 is 15.2 Å². The van der Waals surface area contributed by atoms with E-state index in [0.29, 0.717) is 13.1 Å². The number of nitrogens with one attached hydrogen (secondary N) is 2. The second kappa shape index (κ2) is 6.27. The van der Waals surface area contributed by atoms with Gasteiger partial charge in [-0.25, -0.2) is 4.98 Å². The molecular formula is C11H20N4O. The fourth-order valence-corrected chi connectivity index (χ4v) is 1.51. The third-order valence-electron chi connectivity index (χ3n) is 2.53. The first kappa shape index (κ1) is 12.7. The first-order chi connectivity index (χ1) is 7.65. The summed E-state index contributed by atoms with van der Waals surface area (Å²) in [4.78, 5) is 15.8. The summed E-state index contributed by atoms with van der Waals surface area (Å²) in [7, 11) is 3.80. The Labute approximate surface area is 96.3 Å². The van der Waals surface area contributed by atoms with Crippen molar-refractivity contribution in [3.05, 3.63) is 18.2 Å². The van der Waals surface area contributed by atoms with E-state index in [2.05, 4.69) is 15.6 Å². The van der Waals surface area contributed by atoms with Crippen LogP contribution in [0.15, 0.2) is 12.4 Å². The summed E-state index contributed by atoms with van der Waals surface area (Å²) in [5, 5.41) is 5.88. The van der Waals surface area contributed by atoms with Crippen molar-refractivity contribution in [3.8, 4) is 0 Å². The molecule has 0 saturated heterocycles. The summed E-state index contributed by atoms with van der Waals surface area (Å²) in [6, 6.07) is 0. The predicted octanol–water partition coefficient (Wildman–Crippen LogP) is -0.0657. The van der Waals surface area contributed by atoms with Crippen LogP contribution in [0.5, 0.6) is 0 Å². The lowest BCUT2D eigenvalue weighted by atomic mass is 10.1. The average Bonchev–Trinajstić information content (AvgIpc) is 2.65. The van der Waals surface area contributed by atoms with E-state index in [4.69, 9.17) is 0 Å². The van der Waals surface area contributed by atoms with E-state index in [-0.39, 0.29) is 11.8 Å². The van der Waals surface area contributed by atoms with E-state index in [9.17, 15) is 4.79 Å². The molecule has 1 aromatic heterocycles. The number of nitrogens with zero attached hydrogens (tertiary/aromatic N) is 2. The summed E-state index contributed by atoms with van der Waals surface area (Å²) in [6.45, 7) is 3.25. The fraction of sp³-hybridized carbons (Fsp3) is 0.636. The lowest BCUT2D eigenvalue weighted by Gasteiger charge is -2.11. The molecule has 1 amide bonds. The molecule has 0 radical (unpaired) electrons. The number of carbonyl (C=O) groups excluding carboxylic acids is 1. The minimum absolute atomic E-state index is 0.00590. The van der Waals surface area contributed by atoms with Crippen molar-refractivity contribution in [3.63, 3.8) is 0 Å². The quantitative estimate of drug-likeness (QED) is 0.711. The first-order valence-electron chi connectivity index (χ1n) is 5.53. The molecule has 1 atom stereocenters. The fourth-order valence-electron chi connectivity index (χ4n) is 1.51. The van der Waals surface area contributed by atoms with Crippen LogP contribution in [0, 0.1) is 5.92 Å². The number of aromatic nitrogens is 2. The second-order valence-corrected chi connectivity index (χ2v) is 3.95. The molecule has 0 aliphatic rings. The molecule has 0 saturated carbocycles. The van der Waals surface area contributed by atoms with Gasteiger partial charge in [-0.05, 0) is 7.05 Å². The van der Waals surface area contributed by atoms with Crippen LogP contribution in [0.3, 0.4) is 0 Å². The molecule has 16 heavy (non-hydrogen) atoms. The van der Waals surface area contributed by atoms with E-state index in [1.54, 1.807) is 6.20 Å². The van der Waals surface area contributed by atoms with Crippen molar-refractivity contribution < 1.29 is 4.79 Å². The van der Waals surface area contributed by atoms with Crippen LogP contribution in [-0.4, -0.2) is 35.6 Å². The molecule has 0 aromatic carbocycles. The summed E-state index contributed by atoms with van der Waals surface area (Å²) in [5.74, 6) is 1.08. The largest absolute Gasteiger partial charge is 0.355 e. The van der Waals surface area contributed by atoms with Crippen LogP contribution in [0.1, 0.15) is 12.7 Å². The SMILES string of the molecule is CNCC(C)C(=O)NCCc1nccn1C. The molecule has 0 bridgehead atoms. The zero-order chi connectivity index (χ0) is 12.0. The number of amides is 1. The molecule has 1 heterocycles. The third kappa shape index (κ3) is 3.66. The average molecular weight is 224 g/mol. The Morgan fingerprint density at radius 1 is 1.62 bits per heavy atom. The number of aryl methyl sites for hydroxylation is 1. The van der Waals surface area contributed by atoms with Crippen LogP contribution in [-0.2, 0) is 18.3 Å². The standard InChI is InChI=1S/C11H20N4O/c1-9(8-12-2)11(16)14-5-4-10-13-6-7-15(10)3/h6-7,9,12H,4-5,8H2,1-3H3,(H,14,16). The highest BCUT2D eigenvalue weighted by Gasteiger charge is 2.10. The zero-order valence-corrected chi connectivity index (χ0v) is 10.2. The predicted molar refractivity (Wildman–Crippen MR) is 63.0 cm³/mol. The summed E-state index contributed by atoms with van der Waals surface area (Å²) >= 11 is 0. The van der Waals surface area contributed by atoms with Crippen LogP contribution in [0.2, 0.25) is 0 Å². The molecule has 5 nitrogen and oxygen atoms in total. The number of carbonyl (C=O) groups is 1. The topological polar surface area (TPSA) is 59.0 Å². The molecular weight excluding hydrogens is 204 g/mol. The van der Waals surface area contributed by atoms with Gasteiger partial charge >= 0.3 is 0 Å². The van der Waals surface area contributed by atoms with Crippen molar-refractivity contribution in [2.24, 2.45) is 13.0 Å². The Balaban J connectivity index is 2.25. The van der Waals surface area contributed by atoms with Gasteiger partial charge in [-0.3, -0.25) is 4.79 Å². The van der Waals surface area contributed by atoms with Crippen LogP contribution < -0.4 is 10.6 Å². The molecule has 2 N–H and O–H groups in total. The number of imidazole rings is 1. The molecule has 1 unspecified atom stereocenters. The lowest BCUT2D eigenvalue weighted by molar-refractivity contribution is -0.124. The van der Waals surface area contributed by atoms with Gasteiger partial charge in [0.2, 0.25) is 5.91 Å². The Bertz CT molecular complexity index is 334. The van der Waals surface area contributed by atoms with E-state index in [1.807, 2.05) is 31.8 Å². The van der Waals surface area contributed by atoms with E-state index < -0.39 is 0 Å². The van der Waals surface area contributed by atoms with Crippen molar-refractivity contribution >= 4 is 5.91 Å². The van der Waals surface area contributed by atoms with E-state index >= 15 is 0 Å². The highest BCUT2D eigenvalue weighted by Crippen LogP contribution is 1.95. The maximum absolute atomic E-state index is 11.6. The smallest absolute Gasteiger partial charge is 0.224 e. The normalized spacial score (nSPS) is 12.4. The Morgan fingerprint density at radius 2 is 2.38 bits per heavy atom. The minimum Gasteiger partial charge on any atom is -0.355 e. The lowest BCUT2D eigenvalue weighted by Crippen LogP contribution is -2.35. The molecule has 0 fully saturated rings. The number of hydrogen-bond acceptors (Lipinski definition) is 3. The van der Waals surface area contributed by atoms with Gasteiger partial charge in [-0.2, -0.15) is 0 Å². The highest BCUT2D eigenvalue weighted by atomic mass is 16.1. The Kier molecular flexibility index (Phi) is 4.98. The summed E-state index contributed by atoms with van der Waals surface area (Å²) in [6.07, 6.45) is 4.43. The maximum atomic E-state index is 11.6. The number of rotatable bonds is 6. The van der Waals surface area contributed by atoms with Gasteiger partial charge in [0.15, 0.2) is 0 Å². The zero-order valence-electron chi connectivity index (χ0n) is 10.2. The summed E-state index contributed by atoms with van der Waals surface area (Å²) < 4.78 is 1.96. The third-order valence-corrected chi connectivity index (χ3v) is 2.53. The Hall–Kier alpha value is -1.36. The molecule has 5 heteroatoms. The van der Waals surface area contributed by atoms with Gasteiger partial charge in [0.1, 0.15) is 5.82 Å². The molecule has 0 aliphatic heterocycles. The maximum Gasteiger partial charge on any atom is 0.224 e. The molecule has 90 valence electrons. The van der Waals surface area contributed by atoms with Crippen molar-refractivity contribution in [2.75, 3.05) is 20.1 Å². The number of hydrogen-bond donors (Lipinski definition) is 2. The van der Waals surface area contributed by atoms with Gasteiger partial charge in [-0.15, -0.1) is 0 Å². The molecule has 0 spiro atoms. The van der Waals surface area contributed by atoms with Gasteiger partial charge in [-0.1, -0.05) is 6.92 Å². The van der Waals surface area contributed by atoms with Gasteiger partial charge in [0.25, 0.3) is 0 Å². The van der Waals surface area contributed by atoms with Gasteiger partial charge in [0.05, 0.1) is 0 Å². The van der Waals surface area contributed by atoms with Crippen molar-refractivity contribution in [2.45, 2.75) is 13.3 Å². The monoisotopic (exact) mass is 224 g/mol. The molecule has 1 rings (SSSR count). The molecule has 1 aromatic rings. The highest BCUT2D eigenvalue weighted by molar-refractivity contribution is 5.78. The van der Waals surface area contributed by atoms with E-state index in [0.717, 1.165) is 12.2 Å². The van der Waals surface area contributed by atoms with Crippen LogP contribution in [0.25, 0.3) is 0 Å². The Morgan fingerprint density at radius 3 is 2.94 bits per heavy atom.